The van der Waals surface area contributed by atoms with Gasteiger partial charge in [0.15, 0.2) is 0 Å². The molecule has 2 aromatic rings. The van der Waals surface area contributed by atoms with E-state index in [0.29, 0.717) is 6.54 Å². The average molecular weight is 284 g/mol. The Hall–Kier alpha value is -2.03. The maximum Gasteiger partial charge on any atom is 0.220 e. The first-order valence-electron chi connectivity index (χ1n) is 7.57. The lowest BCUT2D eigenvalue weighted by Crippen LogP contribution is -2.36. The van der Waals surface area contributed by atoms with Crippen molar-refractivity contribution in [3.63, 3.8) is 0 Å². The monoisotopic (exact) mass is 284 g/mol. The Kier molecular flexibility index (Phi) is 5.20. The number of hydrogen-bond donors (Lipinski definition) is 0. The third-order valence-corrected chi connectivity index (χ3v) is 3.98. The molecule has 1 amide bonds. The molecule has 1 unspecified atom stereocenters. The molecule has 0 spiro atoms. The van der Waals surface area contributed by atoms with Gasteiger partial charge < -0.3 is 9.47 Å². The summed E-state index contributed by atoms with van der Waals surface area (Å²) in [6.45, 7) is 7.38. The third kappa shape index (κ3) is 3.97. The molecule has 21 heavy (non-hydrogen) atoms. The lowest BCUT2D eigenvalue weighted by atomic mass is 10.2. The standard InChI is InChI=1S/C18H24N2O/c1-4-15(2)20(16(3)21)14-18-11-8-12-19(18)13-17-9-6-5-7-10-17/h5-12,15H,4,13-14H2,1-3H3. The van der Waals surface area contributed by atoms with Crippen LogP contribution in [0.1, 0.15) is 38.4 Å². The lowest BCUT2D eigenvalue weighted by Gasteiger charge is -2.28. The van der Waals surface area contributed by atoms with Gasteiger partial charge in [-0.1, -0.05) is 37.3 Å². The van der Waals surface area contributed by atoms with Crippen molar-refractivity contribution in [1.29, 1.82) is 0 Å². The molecule has 0 aliphatic rings. The van der Waals surface area contributed by atoms with Gasteiger partial charge in [0.1, 0.15) is 0 Å². The van der Waals surface area contributed by atoms with Gasteiger partial charge >= 0.3 is 0 Å². The molecule has 0 N–H and O–H groups in total. The summed E-state index contributed by atoms with van der Waals surface area (Å²) in [6, 6.07) is 14.8. The molecule has 0 saturated carbocycles. The molecular formula is C18H24N2O. The van der Waals surface area contributed by atoms with Gasteiger partial charge in [0.25, 0.3) is 0 Å². The first-order chi connectivity index (χ1) is 10.1. The van der Waals surface area contributed by atoms with E-state index < -0.39 is 0 Å². The number of carbonyl (C=O) groups excluding carboxylic acids is 1. The number of aromatic nitrogens is 1. The van der Waals surface area contributed by atoms with E-state index in [1.807, 2.05) is 17.0 Å². The summed E-state index contributed by atoms with van der Waals surface area (Å²) in [5.74, 6) is 0.136. The van der Waals surface area contributed by atoms with Crippen LogP contribution in [0.3, 0.4) is 0 Å². The third-order valence-electron chi connectivity index (χ3n) is 3.98. The second-order valence-corrected chi connectivity index (χ2v) is 5.52. The largest absolute Gasteiger partial charge is 0.345 e. The summed E-state index contributed by atoms with van der Waals surface area (Å²) < 4.78 is 2.22. The minimum Gasteiger partial charge on any atom is -0.345 e. The minimum absolute atomic E-state index is 0.136. The van der Waals surface area contributed by atoms with E-state index in [4.69, 9.17) is 0 Å². The van der Waals surface area contributed by atoms with Crippen LogP contribution in [0.2, 0.25) is 0 Å². The highest BCUT2D eigenvalue weighted by atomic mass is 16.2. The second-order valence-electron chi connectivity index (χ2n) is 5.52. The number of carbonyl (C=O) groups is 1. The van der Waals surface area contributed by atoms with Crippen LogP contribution in [0, 0.1) is 0 Å². The molecule has 0 saturated heterocycles. The molecule has 1 heterocycles. The summed E-state index contributed by atoms with van der Waals surface area (Å²) in [7, 11) is 0. The molecule has 112 valence electrons. The van der Waals surface area contributed by atoms with Gasteiger partial charge in [-0.3, -0.25) is 4.79 Å². The summed E-state index contributed by atoms with van der Waals surface area (Å²) >= 11 is 0. The van der Waals surface area contributed by atoms with Crippen LogP contribution in [-0.4, -0.2) is 21.4 Å². The van der Waals surface area contributed by atoms with Crippen molar-refractivity contribution in [2.24, 2.45) is 0 Å². The van der Waals surface area contributed by atoms with E-state index in [9.17, 15) is 4.79 Å². The second kappa shape index (κ2) is 7.11. The highest BCUT2D eigenvalue weighted by Gasteiger charge is 2.17. The van der Waals surface area contributed by atoms with Gasteiger partial charge in [0.05, 0.1) is 6.54 Å². The average Bonchev–Trinajstić information content (AvgIpc) is 2.92. The zero-order valence-corrected chi connectivity index (χ0v) is 13.1. The molecule has 3 nitrogen and oxygen atoms in total. The van der Waals surface area contributed by atoms with Gasteiger partial charge in [-0.15, -0.1) is 0 Å². The van der Waals surface area contributed by atoms with Crippen LogP contribution in [0.15, 0.2) is 48.7 Å². The summed E-state index contributed by atoms with van der Waals surface area (Å²) in [5.41, 5.74) is 2.45. The number of amides is 1. The molecule has 1 aromatic heterocycles. The van der Waals surface area contributed by atoms with E-state index in [2.05, 4.69) is 54.9 Å². The first kappa shape index (κ1) is 15.4. The van der Waals surface area contributed by atoms with E-state index >= 15 is 0 Å². The van der Waals surface area contributed by atoms with Gasteiger partial charge in [0.2, 0.25) is 5.91 Å². The fraction of sp³-hybridized carbons (Fsp3) is 0.389. The fourth-order valence-corrected chi connectivity index (χ4v) is 2.50. The predicted octanol–water partition coefficient (Wildman–Crippen LogP) is 3.68. The van der Waals surface area contributed by atoms with Gasteiger partial charge in [-0.2, -0.15) is 0 Å². The Balaban J connectivity index is 2.14. The predicted molar refractivity (Wildman–Crippen MR) is 86.0 cm³/mol. The van der Waals surface area contributed by atoms with E-state index in [1.54, 1.807) is 6.92 Å². The van der Waals surface area contributed by atoms with E-state index in [-0.39, 0.29) is 11.9 Å². The zero-order chi connectivity index (χ0) is 15.2. The Morgan fingerprint density at radius 2 is 1.90 bits per heavy atom. The number of rotatable bonds is 6. The van der Waals surface area contributed by atoms with Gasteiger partial charge in [0, 0.05) is 31.4 Å². The van der Waals surface area contributed by atoms with Crippen molar-refractivity contribution < 1.29 is 4.79 Å². The quantitative estimate of drug-likeness (QED) is 0.794. The van der Waals surface area contributed by atoms with Crippen molar-refractivity contribution >= 4 is 5.91 Å². The molecule has 1 atom stereocenters. The molecule has 0 radical (unpaired) electrons. The SMILES string of the molecule is CCC(C)N(Cc1cccn1Cc1ccccc1)C(C)=O. The van der Waals surface area contributed by atoms with Crippen molar-refractivity contribution in [1.82, 2.24) is 9.47 Å². The topological polar surface area (TPSA) is 25.2 Å². The molecule has 0 bridgehead atoms. The molecule has 0 fully saturated rings. The van der Waals surface area contributed by atoms with Crippen LogP contribution in [0.5, 0.6) is 0 Å². The van der Waals surface area contributed by atoms with Gasteiger partial charge in [-0.05, 0) is 31.0 Å². The highest BCUT2D eigenvalue weighted by molar-refractivity contribution is 5.73. The smallest absolute Gasteiger partial charge is 0.220 e. The summed E-state index contributed by atoms with van der Waals surface area (Å²) in [4.78, 5) is 13.8. The first-order valence-corrected chi connectivity index (χ1v) is 7.57. The maximum atomic E-state index is 11.9. The van der Waals surface area contributed by atoms with Crippen molar-refractivity contribution in [3.8, 4) is 0 Å². The van der Waals surface area contributed by atoms with Crippen LogP contribution in [0.4, 0.5) is 0 Å². The van der Waals surface area contributed by atoms with Crippen LogP contribution < -0.4 is 0 Å². The van der Waals surface area contributed by atoms with Crippen molar-refractivity contribution in [3.05, 3.63) is 59.9 Å². The van der Waals surface area contributed by atoms with Crippen molar-refractivity contribution in [2.75, 3.05) is 0 Å². The molecular weight excluding hydrogens is 260 g/mol. The van der Waals surface area contributed by atoms with Crippen LogP contribution in [0.25, 0.3) is 0 Å². The van der Waals surface area contributed by atoms with Crippen LogP contribution in [-0.2, 0) is 17.9 Å². The maximum absolute atomic E-state index is 11.9. The molecule has 0 aliphatic carbocycles. The molecule has 0 aliphatic heterocycles. The molecule has 2 rings (SSSR count). The Morgan fingerprint density at radius 1 is 1.19 bits per heavy atom. The fourth-order valence-electron chi connectivity index (χ4n) is 2.50. The van der Waals surface area contributed by atoms with Crippen LogP contribution >= 0.6 is 0 Å². The highest BCUT2D eigenvalue weighted by Crippen LogP contribution is 2.14. The summed E-state index contributed by atoms with van der Waals surface area (Å²) in [6.07, 6.45) is 3.05. The molecule has 3 heteroatoms. The Bertz CT molecular complexity index is 574. The minimum atomic E-state index is 0.136. The summed E-state index contributed by atoms with van der Waals surface area (Å²) in [5, 5.41) is 0. The molecule has 1 aromatic carbocycles. The van der Waals surface area contributed by atoms with Crippen molar-refractivity contribution in [2.45, 2.75) is 46.3 Å². The number of nitrogens with zero attached hydrogens (tertiary/aromatic N) is 2. The number of benzene rings is 1. The Morgan fingerprint density at radius 3 is 2.52 bits per heavy atom. The van der Waals surface area contributed by atoms with E-state index in [1.165, 1.54) is 11.3 Å². The Labute approximate surface area is 127 Å². The van der Waals surface area contributed by atoms with E-state index in [0.717, 1.165) is 13.0 Å². The normalized spacial score (nSPS) is 12.1. The zero-order valence-electron chi connectivity index (χ0n) is 13.1. The lowest BCUT2D eigenvalue weighted by molar-refractivity contribution is -0.131. The number of hydrogen-bond acceptors (Lipinski definition) is 1. The van der Waals surface area contributed by atoms with Gasteiger partial charge in [-0.25, -0.2) is 0 Å².